The minimum atomic E-state index is 0.664. The molecule has 1 N–H and O–H groups in total. The van der Waals surface area contributed by atoms with E-state index in [9.17, 15) is 0 Å². The number of aromatic nitrogens is 3. The smallest absolute Gasteiger partial charge is 0.194 e. The summed E-state index contributed by atoms with van der Waals surface area (Å²) < 4.78 is 1.82. The van der Waals surface area contributed by atoms with Crippen LogP contribution in [0.4, 0.5) is 0 Å². The largest absolute Gasteiger partial charge is 0.357 e. The van der Waals surface area contributed by atoms with E-state index in [0.29, 0.717) is 6.54 Å². The second-order valence-corrected chi connectivity index (χ2v) is 6.58. The van der Waals surface area contributed by atoms with E-state index in [0.717, 1.165) is 29.8 Å². The van der Waals surface area contributed by atoms with E-state index in [2.05, 4.69) is 27.2 Å². The van der Waals surface area contributed by atoms with Gasteiger partial charge in [-0.05, 0) is 20.8 Å². The van der Waals surface area contributed by atoms with Crippen LogP contribution in [-0.4, -0.2) is 39.2 Å². The highest BCUT2D eigenvalue weighted by atomic mass is 32.1. The van der Waals surface area contributed by atoms with Crippen LogP contribution in [0.3, 0.4) is 0 Å². The van der Waals surface area contributed by atoms with Gasteiger partial charge in [0.1, 0.15) is 0 Å². The molecule has 0 aromatic carbocycles. The Balaban J connectivity index is 2.07. The van der Waals surface area contributed by atoms with Crippen molar-refractivity contribution in [2.24, 2.45) is 12.0 Å². The van der Waals surface area contributed by atoms with Gasteiger partial charge in [-0.3, -0.25) is 4.68 Å². The van der Waals surface area contributed by atoms with Crippen molar-refractivity contribution in [1.82, 2.24) is 25.0 Å². The summed E-state index contributed by atoms with van der Waals surface area (Å²) in [6.07, 6.45) is 3.91. The second kappa shape index (κ2) is 7.40. The molecule has 2 aromatic rings. The molecule has 0 spiro atoms. The van der Waals surface area contributed by atoms with Crippen LogP contribution >= 0.6 is 11.3 Å². The van der Waals surface area contributed by atoms with Crippen molar-refractivity contribution in [2.45, 2.75) is 33.9 Å². The quantitative estimate of drug-likeness (QED) is 0.677. The van der Waals surface area contributed by atoms with Gasteiger partial charge in [0.25, 0.3) is 0 Å². The normalized spacial score (nSPS) is 11.8. The third kappa shape index (κ3) is 4.30. The summed E-state index contributed by atoms with van der Waals surface area (Å²) in [6, 6.07) is 0. The molecule has 0 amide bonds. The summed E-state index contributed by atoms with van der Waals surface area (Å²) >= 11 is 1.72. The summed E-state index contributed by atoms with van der Waals surface area (Å²) in [6.45, 7) is 8.44. The molecule has 120 valence electrons. The number of thiazole rings is 1. The zero-order chi connectivity index (χ0) is 16.1. The van der Waals surface area contributed by atoms with Crippen LogP contribution in [-0.2, 0) is 20.1 Å². The lowest BCUT2D eigenvalue weighted by molar-refractivity contribution is 0.476. The van der Waals surface area contributed by atoms with Crippen LogP contribution in [0.5, 0.6) is 0 Å². The maximum Gasteiger partial charge on any atom is 0.194 e. The van der Waals surface area contributed by atoms with Gasteiger partial charge in [-0.15, -0.1) is 11.3 Å². The topological polar surface area (TPSA) is 58.3 Å². The number of hydrogen-bond acceptors (Lipinski definition) is 4. The Kier molecular flexibility index (Phi) is 5.54. The number of guanidine groups is 1. The molecule has 0 saturated carbocycles. The number of hydrogen-bond donors (Lipinski definition) is 1. The van der Waals surface area contributed by atoms with Gasteiger partial charge < -0.3 is 10.2 Å². The molecule has 7 heteroatoms. The Morgan fingerprint density at radius 3 is 2.77 bits per heavy atom. The van der Waals surface area contributed by atoms with Gasteiger partial charge in [0.15, 0.2) is 5.96 Å². The highest BCUT2D eigenvalue weighted by Crippen LogP contribution is 2.18. The van der Waals surface area contributed by atoms with Gasteiger partial charge in [-0.25, -0.2) is 9.98 Å². The first-order chi connectivity index (χ1) is 10.5. The fraction of sp³-hybridized carbons (Fsp3) is 0.533. The number of nitrogens with one attached hydrogen (secondary N) is 1. The van der Waals surface area contributed by atoms with Crippen LogP contribution in [0, 0.1) is 13.8 Å². The maximum absolute atomic E-state index is 4.74. The average Bonchev–Trinajstić information content (AvgIpc) is 3.00. The molecular weight excluding hydrogens is 296 g/mol. The number of rotatable bonds is 5. The summed E-state index contributed by atoms with van der Waals surface area (Å²) in [7, 11) is 3.97. The Morgan fingerprint density at radius 2 is 2.23 bits per heavy atom. The standard InChI is InChI=1S/C15H24N6S/c1-6-16-15(17-8-14-11(2)19-12(3)22-14)20(4)9-13-7-18-21(5)10-13/h7,10H,6,8-9H2,1-5H3,(H,16,17). The Morgan fingerprint density at radius 1 is 1.45 bits per heavy atom. The predicted octanol–water partition coefficient (Wildman–Crippen LogP) is 2.09. The van der Waals surface area contributed by atoms with Gasteiger partial charge in [0.2, 0.25) is 0 Å². The Hall–Kier alpha value is -1.89. The first-order valence-electron chi connectivity index (χ1n) is 7.39. The van der Waals surface area contributed by atoms with Crippen molar-refractivity contribution in [3.05, 3.63) is 33.5 Å². The molecule has 6 nitrogen and oxygen atoms in total. The molecule has 2 heterocycles. The minimum Gasteiger partial charge on any atom is -0.357 e. The molecule has 0 fully saturated rings. The van der Waals surface area contributed by atoms with Gasteiger partial charge in [0.05, 0.1) is 23.4 Å². The fourth-order valence-electron chi connectivity index (χ4n) is 2.24. The number of nitrogens with zero attached hydrogens (tertiary/aromatic N) is 5. The zero-order valence-corrected chi connectivity index (χ0v) is 14.7. The molecule has 0 aliphatic heterocycles. The van der Waals surface area contributed by atoms with Crippen LogP contribution < -0.4 is 5.32 Å². The van der Waals surface area contributed by atoms with E-state index in [-0.39, 0.29) is 0 Å². The van der Waals surface area contributed by atoms with E-state index in [4.69, 9.17) is 4.99 Å². The van der Waals surface area contributed by atoms with Crippen LogP contribution in [0.15, 0.2) is 17.4 Å². The lowest BCUT2D eigenvalue weighted by Gasteiger charge is -2.21. The second-order valence-electron chi connectivity index (χ2n) is 5.29. The summed E-state index contributed by atoms with van der Waals surface area (Å²) in [5.41, 5.74) is 2.25. The first kappa shape index (κ1) is 16.5. The lowest BCUT2D eigenvalue weighted by Crippen LogP contribution is -2.38. The van der Waals surface area contributed by atoms with E-state index in [1.807, 2.05) is 45.0 Å². The third-order valence-corrected chi connectivity index (χ3v) is 4.30. The van der Waals surface area contributed by atoms with Crippen molar-refractivity contribution < 1.29 is 0 Å². The average molecular weight is 320 g/mol. The maximum atomic E-state index is 4.74. The lowest BCUT2D eigenvalue weighted by atomic mass is 10.3. The monoisotopic (exact) mass is 320 g/mol. The van der Waals surface area contributed by atoms with E-state index in [1.54, 1.807) is 11.3 Å². The SMILES string of the molecule is CCNC(=NCc1sc(C)nc1C)N(C)Cc1cnn(C)c1. The van der Waals surface area contributed by atoms with Crippen molar-refractivity contribution >= 4 is 17.3 Å². The minimum absolute atomic E-state index is 0.664. The van der Waals surface area contributed by atoms with Crippen LogP contribution in [0.2, 0.25) is 0 Å². The summed E-state index contributed by atoms with van der Waals surface area (Å²) in [4.78, 5) is 12.5. The van der Waals surface area contributed by atoms with Gasteiger partial charge in [0, 0.05) is 43.8 Å². The Bertz CT molecular complexity index is 642. The number of aryl methyl sites for hydroxylation is 3. The van der Waals surface area contributed by atoms with E-state index < -0.39 is 0 Å². The predicted molar refractivity (Wildman–Crippen MR) is 91.1 cm³/mol. The zero-order valence-electron chi connectivity index (χ0n) is 13.9. The summed E-state index contributed by atoms with van der Waals surface area (Å²) in [5, 5.41) is 8.64. The molecule has 0 aliphatic rings. The van der Waals surface area contributed by atoms with Crippen molar-refractivity contribution in [3.8, 4) is 0 Å². The molecule has 0 unspecified atom stereocenters. The third-order valence-electron chi connectivity index (χ3n) is 3.25. The fourth-order valence-corrected chi connectivity index (χ4v) is 3.10. The van der Waals surface area contributed by atoms with Gasteiger partial charge >= 0.3 is 0 Å². The highest BCUT2D eigenvalue weighted by Gasteiger charge is 2.09. The van der Waals surface area contributed by atoms with Crippen molar-refractivity contribution in [2.75, 3.05) is 13.6 Å². The van der Waals surface area contributed by atoms with Crippen LogP contribution in [0.25, 0.3) is 0 Å². The molecule has 0 saturated heterocycles. The van der Waals surface area contributed by atoms with Gasteiger partial charge in [-0.2, -0.15) is 5.10 Å². The molecule has 0 atom stereocenters. The summed E-state index contributed by atoms with van der Waals surface area (Å²) in [5.74, 6) is 0.900. The molecule has 0 bridgehead atoms. The molecular formula is C15H24N6S. The molecule has 22 heavy (non-hydrogen) atoms. The Labute approximate surface area is 135 Å². The number of aliphatic imine (C=N–C) groups is 1. The molecule has 0 aliphatic carbocycles. The van der Waals surface area contributed by atoms with E-state index in [1.165, 1.54) is 10.4 Å². The van der Waals surface area contributed by atoms with Crippen LogP contribution in [0.1, 0.15) is 28.1 Å². The molecule has 0 radical (unpaired) electrons. The van der Waals surface area contributed by atoms with Gasteiger partial charge in [-0.1, -0.05) is 0 Å². The van der Waals surface area contributed by atoms with Crippen molar-refractivity contribution in [3.63, 3.8) is 0 Å². The molecule has 2 aromatic heterocycles. The first-order valence-corrected chi connectivity index (χ1v) is 8.21. The van der Waals surface area contributed by atoms with Crippen molar-refractivity contribution in [1.29, 1.82) is 0 Å². The van der Waals surface area contributed by atoms with E-state index >= 15 is 0 Å². The highest BCUT2D eigenvalue weighted by molar-refractivity contribution is 7.11. The molecule has 2 rings (SSSR count).